The van der Waals surface area contributed by atoms with Crippen molar-refractivity contribution in [2.24, 2.45) is 0 Å². The summed E-state index contributed by atoms with van der Waals surface area (Å²) in [6.45, 7) is 0. The van der Waals surface area contributed by atoms with Crippen LogP contribution in [0, 0.1) is 0 Å². The van der Waals surface area contributed by atoms with E-state index in [1.165, 1.54) is 0 Å². The van der Waals surface area contributed by atoms with Crippen molar-refractivity contribution in [3.63, 3.8) is 0 Å². The van der Waals surface area contributed by atoms with Crippen LogP contribution in [0.15, 0.2) is 36.4 Å². The summed E-state index contributed by atoms with van der Waals surface area (Å²) in [5, 5.41) is 8.03. The Bertz CT molecular complexity index is 495. The highest BCUT2D eigenvalue weighted by Crippen LogP contribution is 2.22. The number of rotatable bonds is 4. The van der Waals surface area contributed by atoms with Crippen LogP contribution in [0.25, 0.3) is 0 Å². The highest BCUT2D eigenvalue weighted by atomic mass is 16.5. The first-order valence-corrected chi connectivity index (χ1v) is 5.52. The van der Waals surface area contributed by atoms with E-state index in [4.69, 9.17) is 9.47 Å². The van der Waals surface area contributed by atoms with Crippen LogP contribution in [0.1, 0.15) is 0 Å². The topological polar surface area (TPSA) is 47.5 Å². The number of benzene rings is 1. The zero-order chi connectivity index (χ0) is 13.0. The molecular weight excluding hydrogens is 230 g/mol. The van der Waals surface area contributed by atoms with Crippen molar-refractivity contribution < 1.29 is 9.47 Å². The molecule has 0 aliphatic carbocycles. The van der Waals surface area contributed by atoms with Crippen molar-refractivity contribution in [3.05, 3.63) is 36.4 Å². The third kappa shape index (κ3) is 2.88. The van der Waals surface area contributed by atoms with E-state index in [9.17, 15) is 0 Å². The molecule has 0 spiro atoms. The van der Waals surface area contributed by atoms with Gasteiger partial charge in [-0.1, -0.05) is 0 Å². The van der Waals surface area contributed by atoms with Gasteiger partial charge in [0.25, 0.3) is 0 Å². The molecule has 94 valence electrons. The number of hydrogen-bond donors (Lipinski definition) is 0. The number of anilines is 1. The first kappa shape index (κ1) is 12.2. The lowest BCUT2D eigenvalue weighted by Crippen LogP contribution is -2.11. The molecule has 18 heavy (non-hydrogen) atoms. The molecule has 5 nitrogen and oxygen atoms in total. The lowest BCUT2D eigenvalue weighted by atomic mass is 10.3. The van der Waals surface area contributed by atoms with Crippen LogP contribution in [-0.2, 0) is 0 Å². The number of hydrogen-bond acceptors (Lipinski definition) is 5. The predicted molar refractivity (Wildman–Crippen MR) is 69.4 cm³/mol. The van der Waals surface area contributed by atoms with Gasteiger partial charge in [-0.15, -0.1) is 10.2 Å². The number of ether oxygens (including phenoxy) is 2. The Labute approximate surface area is 106 Å². The van der Waals surface area contributed by atoms with Crippen molar-refractivity contribution >= 4 is 5.82 Å². The number of aromatic nitrogens is 2. The Kier molecular flexibility index (Phi) is 3.62. The summed E-state index contributed by atoms with van der Waals surface area (Å²) in [6, 6.07) is 10.9. The first-order chi connectivity index (χ1) is 8.69. The molecule has 0 saturated heterocycles. The molecule has 2 rings (SSSR count). The van der Waals surface area contributed by atoms with E-state index in [2.05, 4.69) is 10.2 Å². The maximum Gasteiger partial charge on any atom is 0.238 e. The van der Waals surface area contributed by atoms with Crippen LogP contribution in [0.5, 0.6) is 17.4 Å². The average Bonchev–Trinajstić information content (AvgIpc) is 2.40. The van der Waals surface area contributed by atoms with E-state index in [-0.39, 0.29) is 0 Å². The molecule has 1 aromatic heterocycles. The number of nitrogens with zero attached hydrogens (tertiary/aromatic N) is 3. The van der Waals surface area contributed by atoms with Crippen LogP contribution in [0.3, 0.4) is 0 Å². The Hall–Kier alpha value is -2.30. The maximum absolute atomic E-state index is 5.56. The van der Waals surface area contributed by atoms with Crippen LogP contribution < -0.4 is 14.4 Å². The van der Waals surface area contributed by atoms with Gasteiger partial charge in [-0.3, -0.25) is 0 Å². The minimum absolute atomic E-state index is 0.464. The monoisotopic (exact) mass is 245 g/mol. The molecule has 5 heteroatoms. The molecule has 0 amide bonds. The van der Waals surface area contributed by atoms with Gasteiger partial charge in [-0.2, -0.15) is 0 Å². The van der Waals surface area contributed by atoms with Crippen molar-refractivity contribution in [1.29, 1.82) is 0 Å². The Morgan fingerprint density at radius 3 is 2.06 bits per heavy atom. The second kappa shape index (κ2) is 5.35. The Balaban J connectivity index is 2.08. The first-order valence-electron chi connectivity index (χ1n) is 5.52. The maximum atomic E-state index is 5.56. The SMILES string of the molecule is COc1ccc(Oc2ccc(N(C)C)nn2)cc1. The van der Waals surface area contributed by atoms with Gasteiger partial charge >= 0.3 is 0 Å². The fourth-order valence-electron chi connectivity index (χ4n) is 1.37. The lowest BCUT2D eigenvalue weighted by molar-refractivity contribution is 0.411. The molecule has 0 saturated carbocycles. The molecule has 2 aromatic rings. The third-order valence-corrected chi connectivity index (χ3v) is 2.37. The van der Waals surface area contributed by atoms with Crippen LogP contribution in [-0.4, -0.2) is 31.4 Å². The van der Waals surface area contributed by atoms with Crippen LogP contribution in [0.4, 0.5) is 5.82 Å². The van der Waals surface area contributed by atoms with Gasteiger partial charge in [-0.05, 0) is 30.3 Å². The standard InChI is InChI=1S/C13H15N3O2/c1-16(2)12-8-9-13(15-14-12)18-11-6-4-10(17-3)5-7-11/h4-9H,1-3H3. The smallest absolute Gasteiger partial charge is 0.238 e. The van der Waals surface area contributed by atoms with Crippen molar-refractivity contribution in [2.75, 3.05) is 26.1 Å². The van der Waals surface area contributed by atoms with E-state index in [1.54, 1.807) is 13.2 Å². The summed E-state index contributed by atoms with van der Waals surface area (Å²) < 4.78 is 10.6. The molecule has 0 aliphatic rings. The van der Waals surface area contributed by atoms with Gasteiger partial charge in [0, 0.05) is 20.2 Å². The highest BCUT2D eigenvalue weighted by molar-refractivity contribution is 5.37. The van der Waals surface area contributed by atoms with Gasteiger partial charge in [0.1, 0.15) is 11.5 Å². The summed E-state index contributed by atoms with van der Waals surface area (Å²) in [5.41, 5.74) is 0. The second-order valence-corrected chi connectivity index (χ2v) is 3.90. The van der Waals surface area contributed by atoms with Gasteiger partial charge in [0.15, 0.2) is 5.82 Å². The largest absolute Gasteiger partial charge is 0.497 e. The summed E-state index contributed by atoms with van der Waals surface area (Å²) >= 11 is 0. The molecule has 0 unspecified atom stereocenters. The molecule has 0 bridgehead atoms. The van der Waals surface area contributed by atoms with Crippen molar-refractivity contribution in [3.8, 4) is 17.4 Å². The summed E-state index contributed by atoms with van der Waals surface area (Å²) in [6.07, 6.45) is 0. The number of methoxy groups -OCH3 is 1. The quantitative estimate of drug-likeness (QED) is 0.827. The van der Waals surface area contributed by atoms with E-state index in [1.807, 2.05) is 49.3 Å². The zero-order valence-corrected chi connectivity index (χ0v) is 10.6. The molecule has 0 N–H and O–H groups in total. The van der Waals surface area contributed by atoms with E-state index >= 15 is 0 Å². The van der Waals surface area contributed by atoms with E-state index in [0.29, 0.717) is 11.6 Å². The lowest BCUT2D eigenvalue weighted by Gasteiger charge is -2.10. The summed E-state index contributed by atoms with van der Waals surface area (Å²) in [4.78, 5) is 1.88. The minimum atomic E-state index is 0.464. The molecule has 0 aliphatic heterocycles. The van der Waals surface area contributed by atoms with Gasteiger partial charge in [0.05, 0.1) is 7.11 Å². The van der Waals surface area contributed by atoms with Crippen LogP contribution >= 0.6 is 0 Å². The van der Waals surface area contributed by atoms with E-state index in [0.717, 1.165) is 11.6 Å². The third-order valence-electron chi connectivity index (χ3n) is 2.37. The molecule has 1 aromatic carbocycles. The predicted octanol–water partition coefficient (Wildman–Crippen LogP) is 2.34. The molecule has 0 atom stereocenters. The van der Waals surface area contributed by atoms with E-state index < -0.39 is 0 Å². The van der Waals surface area contributed by atoms with Gasteiger partial charge < -0.3 is 14.4 Å². The Morgan fingerprint density at radius 1 is 0.889 bits per heavy atom. The molecular formula is C13H15N3O2. The van der Waals surface area contributed by atoms with Gasteiger partial charge in [0.2, 0.25) is 5.88 Å². The fourth-order valence-corrected chi connectivity index (χ4v) is 1.37. The minimum Gasteiger partial charge on any atom is -0.497 e. The van der Waals surface area contributed by atoms with Crippen molar-refractivity contribution in [2.45, 2.75) is 0 Å². The Morgan fingerprint density at radius 2 is 1.56 bits per heavy atom. The fraction of sp³-hybridized carbons (Fsp3) is 0.231. The van der Waals surface area contributed by atoms with Crippen LogP contribution in [0.2, 0.25) is 0 Å². The normalized spacial score (nSPS) is 9.94. The average molecular weight is 245 g/mol. The zero-order valence-electron chi connectivity index (χ0n) is 10.6. The summed E-state index contributed by atoms with van der Waals surface area (Å²) in [7, 11) is 5.45. The van der Waals surface area contributed by atoms with Gasteiger partial charge in [-0.25, -0.2) is 0 Å². The highest BCUT2D eigenvalue weighted by Gasteiger charge is 2.02. The molecule has 0 fully saturated rings. The molecule has 0 radical (unpaired) electrons. The van der Waals surface area contributed by atoms with Crippen molar-refractivity contribution in [1.82, 2.24) is 10.2 Å². The summed E-state index contributed by atoms with van der Waals surface area (Å²) in [5.74, 6) is 2.74. The molecule has 1 heterocycles. The second-order valence-electron chi connectivity index (χ2n) is 3.90.